The molecule has 1 N–H and O–H groups in total. The van der Waals surface area contributed by atoms with Gasteiger partial charge in [0, 0.05) is 30.3 Å². The summed E-state index contributed by atoms with van der Waals surface area (Å²) in [6.07, 6.45) is 2.38. The van der Waals surface area contributed by atoms with Gasteiger partial charge in [0.25, 0.3) is 0 Å². The van der Waals surface area contributed by atoms with Gasteiger partial charge in [-0.2, -0.15) is 0 Å². The molecule has 0 radical (unpaired) electrons. The van der Waals surface area contributed by atoms with Crippen molar-refractivity contribution >= 4 is 5.69 Å². The smallest absolute Gasteiger partial charge is 0.0499 e. The molecule has 94 valence electrons. The average Bonchev–Trinajstić information content (AvgIpc) is 2.33. The van der Waals surface area contributed by atoms with Gasteiger partial charge in [0.1, 0.15) is 0 Å². The fourth-order valence-corrected chi connectivity index (χ4v) is 2.51. The van der Waals surface area contributed by atoms with E-state index >= 15 is 0 Å². The van der Waals surface area contributed by atoms with Crippen molar-refractivity contribution in [3.63, 3.8) is 0 Å². The van der Waals surface area contributed by atoms with Crippen LogP contribution in [-0.4, -0.2) is 24.3 Å². The second-order valence-electron chi connectivity index (χ2n) is 5.97. The number of aliphatic hydroxyl groups is 1. The van der Waals surface area contributed by atoms with Crippen molar-refractivity contribution in [1.82, 2.24) is 0 Å². The topological polar surface area (TPSA) is 23.5 Å². The number of aryl methyl sites for hydroxylation is 1. The first-order chi connectivity index (χ1) is 8.03. The Morgan fingerprint density at radius 3 is 2.76 bits per heavy atom. The van der Waals surface area contributed by atoms with E-state index in [1.54, 1.807) is 0 Å². The third kappa shape index (κ3) is 2.63. The quantitative estimate of drug-likeness (QED) is 0.867. The van der Waals surface area contributed by atoms with Crippen LogP contribution < -0.4 is 4.90 Å². The van der Waals surface area contributed by atoms with Crippen LogP contribution in [0.2, 0.25) is 0 Å². The summed E-state index contributed by atoms with van der Waals surface area (Å²) >= 11 is 0. The molecule has 0 saturated heterocycles. The van der Waals surface area contributed by atoms with E-state index in [2.05, 4.69) is 49.9 Å². The summed E-state index contributed by atoms with van der Waals surface area (Å²) in [6.45, 7) is 7.68. The van der Waals surface area contributed by atoms with Crippen LogP contribution in [0.3, 0.4) is 0 Å². The molecule has 1 aliphatic rings. The lowest BCUT2D eigenvalue weighted by Crippen LogP contribution is -2.44. The number of anilines is 1. The predicted octanol–water partition coefficient (Wildman–Crippen LogP) is 2.85. The molecular formula is C15H23NO. The van der Waals surface area contributed by atoms with Gasteiger partial charge in [-0.15, -0.1) is 0 Å². The first-order valence-electron chi connectivity index (χ1n) is 6.49. The predicted molar refractivity (Wildman–Crippen MR) is 72.4 cm³/mol. The number of hydrogen-bond donors (Lipinski definition) is 1. The van der Waals surface area contributed by atoms with Crippen molar-refractivity contribution in [2.24, 2.45) is 5.41 Å². The Morgan fingerprint density at radius 2 is 2.06 bits per heavy atom. The lowest BCUT2D eigenvalue weighted by atomic mass is 9.89. The number of benzene rings is 1. The number of rotatable bonds is 3. The van der Waals surface area contributed by atoms with Crippen LogP contribution in [0.15, 0.2) is 24.3 Å². The molecule has 0 saturated carbocycles. The molecule has 0 fully saturated rings. The summed E-state index contributed by atoms with van der Waals surface area (Å²) in [5, 5.41) is 9.43. The van der Waals surface area contributed by atoms with Crippen molar-refractivity contribution in [1.29, 1.82) is 0 Å². The maximum Gasteiger partial charge on any atom is 0.0499 e. The van der Waals surface area contributed by atoms with E-state index in [0.29, 0.717) is 6.04 Å². The van der Waals surface area contributed by atoms with Crippen LogP contribution in [0.4, 0.5) is 5.69 Å². The van der Waals surface area contributed by atoms with Gasteiger partial charge in [0.2, 0.25) is 0 Å². The fourth-order valence-electron chi connectivity index (χ4n) is 2.51. The number of aliphatic hydroxyl groups excluding tert-OH is 1. The van der Waals surface area contributed by atoms with Gasteiger partial charge in [0.05, 0.1) is 0 Å². The van der Waals surface area contributed by atoms with Crippen molar-refractivity contribution in [2.45, 2.75) is 39.7 Å². The Morgan fingerprint density at radius 1 is 1.35 bits per heavy atom. The van der Waals surface area contributed by atoms with Gasteiger partial charge in [0.15, 0.2) is 0 Å². The number of fused-ring (bicyclic) bond motifs is 1. The molecule has 1 aromatic rings. The average molecular weight is 233 g/mol. The van der Waals surface area contributed by atoms with E-state index in [0.717, 1.165) is 6.54 Å². The maximum absolute atomic E-state index is 9.43. The SMILES string of the molecule is CC1CCc2ccccc2N1CC(C)(C)CO. The van der Waals surface area contributed by atoms with Crippen molar-refractivity contribution in [3.05, 3.63) is 29.8 Å². The number of nitrogens with zero attached hydrogens (tertiary/aromatic N) is 1. The molecule has 17 heavy (non-hydrogen) atoms. The Hall–Kier alpha value is -1.02. The van der Waals surface area contributed by atoms with Crippen molar-refractivity contribution in [3.8, 4) is 0 Å². The molecule has 0 spiro atoms. The fraction of sp³-hybridized carbons (Fsp3) is 0.600. The van der Waals surface area contributed by atoms with E-state index in [-0.39, 0.29) is 12.0 Å². The molecule has 2 rings (SSSR count). The highest BCUT2D eigenvalue weighted by Gasteiger charge is 2.28. The van der Waals surface area contributed by atoms with Crippen LogP contribution >= 0.6 is 0 Å². The second kappa shape index (κ2) is 4.69. The molecular weight excluding hydrogens is 210 g/mol. The molecule has 1 aliphatic heterocycles. The first-order valence-corrected chi connectivity index (χ1v) is 6.49. The Labute approximate surface area is 104 Å². The molecule has 0 bridgehead atoms. The number of hydrogen-bond acceptors (Lipinski definition) is 2. The van der Waals surface area contributed by atoms with Crippen LogP contribution in [0.1, 0.15) is 32.8 Å². The largest absolute Gasteiger partial charge is 0.396 e. The van der Waals surface area contributed by atoms with Crippen LogP contribution in [0.5, 0.6) is 0 Å². The summed E-state index contributed by atoms with van der Waals surface area (Å²) in [4.78, 5) is 2.45. The van der Waals surface area contributed by atoms with Gasteiger partial charge in [-0.05, 0) is 31.4 Å². The third-order valence-corrected chi connectivity index (χ3v) is 3.69. The summed E-state index contributed by atoms with van der Waals surface area (Å²) in [7, 11) is 0. The van der Waals surface area contributed by atoms with E-state index in [4.69, 9.17) is 0 Å². The molecule has 0 amide bonds. The molecule has 2 heteroatoms. The summed E-state index contributed by atoms with van der Waals surface area (Å²) in [5.41, 5.74) is 2.76. The standard InChI is InChI=1S/C15H23NO/c1-12-8-9-13-6-4-5-7-14(13)16(12)10-15(2,3)11-17/h4-7,12,17H,8-11H2,1-3H3. The van der Waals surface area contributed by atoms with Crippen LogP contribution in [-0.2, 0) is 6.42 Å². The lowest BCUT2D eigenvalue weighted by molar-refractivity contribution is 0.161. The summed E-state index contributed by atoms with van der Waals surface area (Å²) in [6, 6.07) is 9.22. The van der Waals surface area contributed by atoms with Crippen molar-refractivity contribution < 1.29 is 5.11 Å². The Balaban J connectivity index is 2.27. The highest BCUT2D eigenvalue weighted by Crippen LogP contribution is 2.32. The zero-order valence-electron chi connectivity index (χ0n) is 11.1. The Kier molecular flexibility index (Phi) is 3.43. The molecule has 0 aliphatic carbocycles. The molecule has 2 nitrogen and oxygen atoms in total. The zero-order chi connectivity index (χ0) is 12.5. The minimum atomic E-state index is -0.0429. The van der Waals surface area contributed by atoms with Crippen molar-refractivity contribution in [2.75, 3.05) is 18.1 Å². The van der Waals surface area contributed by atoms with Gasteiger partial charge in [-0.25, -0.2) is 0 Å². The highest BCUT2D eigenvalue weighted by atomic mass is 16.3. The van der Waals surface area contributed by atoms with Crippen LogP contribution in [0.25, 0.3) is 0 Å². The van der Waals surface area contributed by atoms with E-state index in [1.807, 2.05) is 0 Å². The molecule has 0 aromatic heterocycles. The van der Waals surface area contributed by atoms with Crippen LogP contribution in [0, 0.1) is 5.41 Å². The zero-order valence-corrected chi connectivity index (χ0v) is 11.1. The molecule has 1 heterocycles. The number of para-hydroxylation sites is 1. The Bertz CT molecular complexity index is 386. The van der Waals surface area contributed by atoms with E-state index < -0.39 is 0 Å². The summed E-state index contributed by atoms with van der Waals surface area (Å²) < 4.78 is 0. The van der Waals surface area contributed by atoms with Gasteiger partial charge < -0.3 is 10.0 Å². The molecule has 1 unspecified atom stereocenters. The minimum Gasteiger partial charge on any atom is -0.396 e. The van der Waals surface area contributed by atoms with Gasteiger partial charge in [-0.1, -0.05) is 32.0 Å². The monoisotopic (exact) mass is 233 g/mol. The molecule has 1 atom stereocenters. The molecule has 1 aromatic carbocycles. The van der Waals surface area contributed by atoms with Gasteiger partial charge >= 0.3 is 0 Å². The maximum atomic E-state index is 9.43. The minimum absolute atomic E-state index is 0.0429. The normalized spacial score (nSPS) is 20.2. The highest BCUT2D eigenvalue weighted by molar-refractivity contribution is 5.56. The second-order valence-corrected chi connectivity index (χ2v) is 5.97. The third-order valence-electron chi connectivity index (χ3n) is 3.69. The lowest BCUT2D eigenvalue weighted by Gasteiger charge is -2.41. The van der Waals surface area contributed by atoms with E-state index in [9.17, 15) is 5.11 Å². The van der Waals surface area contributed by atoms with E-state index in [1.165, 1.54) is 24.1 Å². The van der Waals surface area contributed by atoms with Gasteiger partial charge in [-0.3, -0.25) is 0 Å². The summed E-state index contributed by atoms with van der Waals surface area (Å²) in [5.74, 6) is 0. The first kappa shape index (κ1) is 12.4.